The lowest BCUT2D eigenvalue weighted by atomic mass is 9.97. The molecule has 1 N–H and O–H groups in total. The van der Waals surface area contributed by atoms with Gasteiger partial charge in [0.2, 0.25) is 5.91 Å². The van der Waals surface area contributed by atoms with Crippen molar-refractivity contribution < 1.29 is 18.8 Å². The molecule has 2 rings (SSSR count). The van der Waals surface area contributed by atoms with E-state index in [1.807, 2.05) is 0 Å². The summed E-state index contributed by atoms with van der Waals surface area (Å²) in [6, 6.07) is 3.73. The van der Waals surface area contributed by atoms with Gasteiger partial charge >= 0.3 is 0 Å². The topological polar surface area (TPSA) is 66.5 Å². The number of carbonyl (C=O) groups excluding carboxylic acids is 3. The fourth-order valence-corrected chi connectivity index (χ4v) is 2.41. The van der Waals surface area contributed by atoms with Crippen LogP contribution in [0.25, 0.3) is 0 Å². The van der Waals surface area contributed by atoms with Crippen LogP contribution in [0.3, 0.4) is 0 Å². The molecule has 3 amide bonds. The molecule has 0 unspecified atom stereocenters. The third-order valence-corrected chi connectivity index (χ3v) is 3.60. The highest BCUT2D eigenvalue weighted by Crippen LogP contribution is 2.23. The molecule has 0 aliphatic carbocycles. The zero-order chi connectivity index (χ0) is 15.1. The molecule has 0 bridgehead atoms. The monoisotopic (exact) mass is 342 g/mol. The Morgan fingerprint density at radius 3 is 2.60 bits per heavy atom. The summed E-state index contributed by atoms with van der Waals surface area (Å²) < 4.78 is 13.8. The predicted molar refractivity (Wildman–Crippen MR) is 72.4 cm³/mol. The molecule has 1 aromatic rings. The molecule has 1 heterocycles. The lowest BCUT2D eigenvalue weighted by Crippen LogP contribution is -2.65. The van der Waals surface area contributed by atoms with Gasteiger partial charge in [0.15, 0.2) is 0 Å². The zero-order valence-electron chi connectivity index (χ0n) is 10.9. The Bertz CT molecular complexity index is 595. The third-order valence-electron chi connectivity index (χ3n) is 3.14. The minimum atomic E-state index is -1.18. The highest BCUT2D eigenvalue weighted by Gasteiger charge is 2.43. The summed E-state index contributed by atoms with van der Waals surface area (Å²) in [5.74, 6) is -2.26. The SMILES string of the molecule is CC1(C)C(=O)NC(=O)CN1C(=O)c1cc(F)cc(Br)c1. The van der Waals surface area contributed by atoms with Crippen molar-refractivity contribution in [2.45, 2.75) is 19.4 Å². The molecule has 0 radical (unpaired) electrons. The number of rotatable bonds is 1. The van der Waals surface area contributed by atoms with Gasteiger partial charge in [-0.05, 0) is 32.0 Å². The van der Waals surface area contributed by atoms with Crippen molar-refractivity contribution in [2.24, 2.45) is 0 Å². The van der Waals surface area contributed by atoms with E-state index in [-0.39, 0.29) is 12.1 Å². The Kier molecular flexibility index (Phi) is 3.64. The van der Waals surface area contributed by atoms with Gasteiger partial charge in [0, 0.05) is 10.0 Å². The van der Waals surface area contributed by atoms with Gasteiger partial charge in [-0.1, -0.05) is 15.9 Å². The van der Waals surface area contributed by atoms with Crippen LogP contribution in [0.1, 0.15) is 24.2 Å². The summed E-state index contributed by atoms with van der Waals surface area (Å²) in [7, 11) is 0. The van der Waals surface area contributed by atoms with E-state index < -0.39 is 29.1 Å². The quantitative estimate of drug-likeness (QED) is 0.786. The molecule has 0 saturated carbocycles. The van der Waals surface area contributed by atoms with E-state index in [1.165, 1.54) is 26.0 Å². The molecule has 5 nitrogen and oxygen atoms in total. The van der Waals surface area contributed by atoms with Crippen molar-refractivity contribution in [3.8, 4) is 0 Å². The fraction of sp³-hybridized carbons (Fsp3) is 0.308. The van der Waals surface area contributed by atoms with Crippen molar-refractivity contribution in [1.29, 1.82) is 0 Å². The number of benzene rings is 1. The van der Waals surface area contributed by atoms with Gasteiger partial charge in [-0.15, -0.1) is 0 Å². The van der Waals surface area contributed by atoms with E-state index >= 15 is 0 Å². The Labute approximate surface area is 123 Å². The standard InChI is InChI=1S/C13H12BrFN2O3/c1-13(2)12(20)16-10(18)6-17(13)11(19)7-3-8(14)5-9(15)4-7/h3-5H,6H2,1-2H3,(H,16,18,20). The summed E-state index contributed by atoms with van der Waals surface area (Å²) >= 11 is 3.10. The smallest absolute Gasteiger partial charge is 0.255 e. The molecule has 7 heteroatoms. The maximum atomic E-state index is 13.4. The van der Waals surface area contributed by atoms with E-state index in [2.05, 4.69) is 21.2 Å². The minimum Gasteiger partial charge on any atom is -0.315 e. The second kappa shape index (κ2) is 4.97. The second-order valence-electron chi connectivity index (χ2n) is 4.99. The normalized spacial score (nSPS) is 17.9. The van der Waals surface area contributed by atoms with Crippen molar-refractivity contribution in [3.63, 3.8) is 0 Å². The molecule has 1 saturated heterocycles. The molecule has 1 aliphatic heterocycles. The number of piperazine rings is 1. The van der Waals surface area contributed by atoms with Crippen LogP contribution in [0.4, 0.5) is 4.39 Å². The van der Waals surface area contributed by atoms with Crippen LogP contribution >= 0.6 is 15.9 Å². The van der Waals surface area contributed by atoms with Gasteiger partial charge in [0.05, 0.1) is 0 Å². The van der Waals surface area contributed by atoms with Gasteiger partial charge in [-0.2, -0.15) is 0 Å². The Morgan fingerprint density at radius 2 is 2.00 bits per heavy atom. The fourth-order valence-electron chi connectivity index (χ4n) is 1.94. The molecule has 106 valence electrons. The molecule has 20 heavy (non-hydrogen) atoms. The first-order chi connectivity index (χ1) is 9.21. The lowest BCUT2D eigenvalue weighted by molar-refractivity contribution is -0.143. The number of halogens is 2. The zero-order valence-corrected chi connectivity index (χ0v) is 12.5. The minimum absolute atomic E-state index is 0.0763. The van der Waals surface area contributed by atoms with E-state index in [9.17, 15) is 18.8 Å². The van der Waals surface area contributed by atoms with Crippen LogP contribution in [0.15, 0.2) is 22.7 Å². The predicted octanol–water partition coefficient (Wildman–Crippen LogP) is 1.47. The van der Waals surface area contributed by atoms with Gasteiger partial charge in [0.1, 0.15) is 17.9 Å². The van der Waals surface area contributed by atoms with Crippen LogP contribution < -0.4 is 5.32 Å². The molecule has 1 aliphatic rings. The van der Waals surface area contributed by atoms with Crippen LogP contribution in [-0.2, 0) is 9.59 Å². The average Bonchev–Trinajstić information content (AvgIpc) is 2.32. The average molecular weight is 343 g/mol. The number of hydrogen-bond donors (Lipinski definition) is 1. The number of amides is 3. The molecule has 0 aromatic heterocycles. The van der Waals surface area contributed by atoms with Gasteiger partial charge in [0.25, 0.3) is 11.8 Å². The Morgan fingerprint density at radius 1 is 1.35 bits per heavy atom. The van der Waals surface area contributed by atoms with E-state index in [1.54, 1.807) is 0 Å². The number of carbonyl (C=O) groups is 3. The van der Waals surface area contributed by atoms with Gasteiger partial charge < -0.3 is 4.90 Å². The molecular weight excluding hydrogens is 331 g/mol. The molecule has 0 spiro atoms. The van der Waals surface area contributed by atoms with Crippen molar-refractivity contribution in [3.05, 3.63) is 34.1 Å². The molecule has 1 aromatic carbocycles. The first kappa shape index (κ1) is 14.6. The molecule has 0 atom stereocenters. The van der Waals surface area contributed by atoms with Crippen LogP contribution in [0.5, 0.6) is 0 Å². The summed E-state index contributed by atoms with van der Waals surface area (Å²) in [6.45, 7) is 2.81. The number of imide groups is 1. The van der Waals surface area contributed by atoms with Gasteiger partial charge in [-0.3, -0.25) is 19.7 Å². The summed E-state index contributed by atoms with van der Waals surface area (Å²) in [6.07, 6.45) is 0. The van der Waals surface area contributed by atoms with E-state index in [0.29, 0.717) is 4.47 Å². The summed E-state index contributed by atoms with van der Waals surface area (Å²) in [5.41, 5.74) is -1.10. The number of hydrogen-bond acceptors (Lipinski definition) is 3. The van der Waals surface area contributed by atoms with Crippen molar-refractivity contribution in [1.82, 2.24) is 10.2 Å². The first-order valence-electron chi connectivity index (χ1n) is 5.84. The maximum Gasteiger partial charge on any atom is 0.255 e. The molecule has 1 fully saturated rings. The Balaban J connectivity index is 2.40. The highest BCUT2D eigenvalue weighted by molar-refractivity contribution is 9.10. The lowest BCUT2D eigenvalue weighted by Gasteiger charge is -2.40. The summed E-state index contributed by atoms with van der Waals surface area (Å²) in [5, 5.41) is 2.17. The second-order valence-corrected chi connectivity index (χ2v) is 5.90. The summed E-state index contributed by atoms with van der Waals surface area (Å²) in [4.78, 5) is 36.8. The Hall–Kier alpha value is -1.76. The third kappa shape index (κ3) is 2.58. The number of nitrogens with zero attached hydrogens (tertiary/aromatic N) is 1. The molecular formula is C13H12BrFN2O3. The largest absolute Gasteiger partial charge is 0.315 e. The first-order valence-corrected chi connectivity index (χ1v) is 6.63. The van der Waals surface area contributed by atoms with E-state index in [4.69, 9.17) is 0 Å². The van der Waals surface area contributed by atoms with Crippen LogP contribution in [0, 0.1) is 5.82 Å². The number of nitrogens with one attached hydrogen (secondary N) is 1. The van der Waals surface area contributed by atoms with Crippen molar-refractivity contribution >= 4 is 33.7 Å². The maximum absolute atomic E-state index is 13.4. The van der Waals surface area contributed by atoms with Crippen LogP contribution in [0.2, 0.25) is 0 Å². The van der Waals surface area contributed by atoms with Crippen molar-refractivity contribution in [2.75, 3.05) is 6.54 Å². The van der Waals surface area contributed by atoms with Gasteiger partial charge in [-0.25, -0.2) is 4.39 Å². The van der Waals surface area contributed by atoms with Crippen LogP contribution in [-0.4, -0.2) is 34.7 Å². The highest BCUT2D eigenvalue weighted by atomic mass is 79.9. The van der Waals surface area contributed by atoms with E-state index in [0.717, 1.165) is 11.0 Å².